The van der Waals surface area contributed by atoms with Gasteiger partial charge in [-0.2, -0.15) is 0 Å². The summed E-state index contributed by atoms with van der Waals surface area (Å²) in [6.07, 6.45) is 0.928. The summed E-state index contributed by atoms with van der Waals surface area (Å²) in [7, 11) is 0. The van der Waals surface area contributed by atoms with Gasteiger partial charge in [-0.3, -0.25) is 4.79 Å². The lowest BCUT2D eigenvalue weighted by atomic mass is 10.1. The van der Waals surface area contributed by atoms with Crippen LogP contribution >= 0.6 is 35.9 Å². The molecule has 2 atom stereocenters. The first kappa shape index (κ1) is 18.9. The molecule has 2 saturated heterocycles. The maximum atomic E-state index is 12.2. The molecule has 0 aromatic heterocycles. The van der Waals surface area contributed by atoms with Crippen molar-refractivity contribution in [3.05, 3.63) is 35.4 Å². The Labute approximate surface area is 152 Å². The first-order chi connectivity index (χ1) is 10.7. The highest BCUT2D eigenvalue weighted by Crippen LogP contribution is 2.43. The molecule has 2 unspecified atom stereocenters. The molecular formula is C16H23ClN2O2S2. The van der Waals surface area contributed by atoms with Crippen LogP contribution in [0.4, 0.5) is 0 Å². The van der Waals surface area contributed by atoms with Crippen LogP contribution in [0.15, 0.2) is 24.3 Å². The summed E-state index contributed by atoms with van der Waals surface area (Å²) in [5.74, 6) is 2.49. The van der Waals surface area contributed by atoms with Crippen molar-refractivity contribution in [3.63, 3.8) is 0 Å². The molecule has 1 aromatic rings. The zero-order valence-corrected chi connectivity index (χ0v) is 15.3. The fourth-order valence-corrected chi connectivity index (χ4v) is 5.62. The molecule has 0 bridgehead atoms. The number of thioether (sulfide) groups is 2. The second-order valence-electron chi connectivity index (χ2n) is 5.74. The van der Waals surface area contributed by atoms with E-state index in [-0.39, 0.29) is 30.3 Å². The maximum absolute atomic E-state index is 12.2. The van der Waals surface area contributed by atoms with Gasteiger partial charge in [-0.25, -0.2) is 0 Å². The van der Waals surface area contributed by atoms with E-state index in [9.17, 15) is 9.90 Å². The maximum Gasteiger partial charge on any atom is 0.251 e. The Hall–Kier alpha value is -0.400. The zero-order valence-electron chi connectivity index (χ0n) is 12.9. The van der Waals surface area contributed by atoms with E-state index in [0.29, 0.717) is 23.2 Å². The largest absolute Gasteiger partial charge is 0.391 e. The molecule has 0 spiro atoms. The number of amides is 1. The van der Waals surface area contributed by atoms with Crippen molar-refractivity contribution in [2.24, 2.45) is 5.92 Å². The lowest BCUT2D eigenvalue weighted by Gasteiger charge is -2.21. The Morgan fingerprint density at radius 1 is 1.22 bits per heavy atom. The Kier molecular flexibility index (Phi) is 7.56. The molecule has 7 heteroatoms. The van der Waals surface area contributed by atoms with Gasteiger partial charge in [-0.1, -0.05) is 12.1 Å². The van der Waals surface area contributed by atoms with Gasteiger partial charge in [0.05, 0.1) is 10.7 Å². The van der Waals surface area contributed by atoms with Crippen molar-refractivity contribution in [1.29, 1.82) is 0 Å². The van der Waals surface area contributed by atoms with E-state index in [4.69, 9.17) is 0 Å². The Morgan fingerprint density at radius 3 is 2.52 bits per heavy atom. The van der Waals surface area contributed by atoms with Crippen molar-refractivity contribution in [3.8, 4) is 0 Å². The molecule has 0 aliphatic carbocycles. The van der Waals surface area contributed by atoms with Gasteiger partial charge in [0.2, 0.25) is 0 Å². The smallest absolute Gasteiger partial charge is 0.251 e. The number of halogens is 1. The molecule has 1 amide bonds. The fraction of sp³-hybridized carbons (Fsp3) is 0.562. The van der Waals surface area contributed by atoms with Crippen LogP contribution in [-0.2, 0) is 0 Å². The predicted octanol–water partition coefficient (Wildman–Crippen LogP) is 2.29. The first-order valence-corrected chi connectivity index (χ1v) is 9.84. The summed E-state index contributed by atoms with van der Waals surface area (Å²) in [4.78, 5) is 12.2. The van der Waals surface area contributed by atoms with E-state index < -0.39 is 0 Å². The molecule has 2 fully saturated rings. The third-order valence-corrected chi connectivity index (χ3v) is 7.12. The van der Waals surface area contributed by atoms with Gasteiger partial charge < -0.3 is 15.7 Å². The van der Waals surface area contributed by atoms with Gasteiger partial charge in [0.15, 0.2) is 0 Å². The van der Waals surface area contributed by atoms with Gasteiger partial charge in [0, 0.05) is 31.1 Å². The Balaban J connectivity index is 0.00000192. The summed E-state index contributed by atoms with van der Waals surface area (Å²) < 4.78 is 0.505. The summed E-state index contributed by atoms with van der Waals surface area (Å²) in [6.45, 7) is 1.89. The number of carbonyl (C=O) groups excluding carboxylic acids is 1. The molecule has 1 aromatic carbocycles. The van der Waals surface area contributed by atoms with Crippen molar-refractivity contribution in [2.45, 2.75) is 17.1 Å². The molecule has 0 radical (unpaired) electrons. The molecule has 3 N–H and O–H groups in total. The first-order valence-electron chi connectivity index (χ1n) is 7.74. The molecule has 4 nitrogen and oxygen atoms in total. The minimum absolute atomic E-state index is 0. The number of hydrogen-bond donors (Lipinski definition) is 3. The van der Waals surface area contributed by atoms with Crippen molar-refractivity contribution in [2.75, 3.05) is 31.1 Å². The number of carbonyl (C=O) groups is 1. The second kappa shape index (κ2) is 9.18. The highest BCUT2D eigenvalue weighted by atomic mass is 35.5. The SMILES string of the molecule is Cl.O=C(NCC1CNCC1O)c1ccc(C2SCCCS2)cc1. The molecule has 0 saturated carbocycles. The van der Waals surface area contributed by atoms with E-state index in [2.05, 4.69) is 22.8 Å². The van der Waals surface area contributed by atoms with E-state index in [1.807, 2.05) is 35.7 Å². The lowest BCUT2D eigenvalue weighted by molar-refractivity contribution is 0.0927. The highest BCUT2D eigenvalue weighted by molar-refractivity contribution is 8.16. The van der Waals surface area contributed by atoms with Gasteiger partial charge >= 0.3 is 0 Å². The van der Waals surface area contributed by atoms with Gasteiger partial charge in [-0.05, 0) is 35.6 Å². The van der Waals surface area contributed by atoms with Crippen LogP contribution < -0.4 is 10.6 Å². The summed E-state index contributed by atoms with van der Waals surface area (Å²) in [6, 6.07) is 7.95. The van der Waals surface area contributed by atoms with Crippen molar-refractivity contribution in [1.82, 2.24) is 10.6 Å². The number of nitrogens with one attached hydrogen (secondary N) is 2. The lowest BCUT2D eigenvalue weighted by Crippen LogP contribution is -2.34. The van der Waals surface area contributed by atoms with Gasteiger partial charge in [0.25, 0.3) is 5.91 Å². The standard InChI is InChI=1S/C16H22N2O2S2.ClH/c19-14-10-17-8-13(14)9-18-15(20)11-2-4-12(5-3-11)16-21-6-1-7-22-16;/h2-5,13-14,16-17,19H,1,6-10H2,(H,18,20);1H. The summed E-state index contributed by atoms with van der Waals surface area (Å²) in [5, 5.41) is 15.8. The average Bonchev–Trinajstić information content (AvgIpc) is 2.99. The molecule has 3 rings (SSSR count). The number of benzene rings is 1. The molecule has 128 valence electrons. The van der Waals surface area contributed by atoms with Gasteiger partial charge in [0.1, 0.15) is 0 Å². The van der Waals surface area contributed by atoms with Gasteiger partial charge in [-0.15, -0.1) is 35.9 Å². The number of hydrogen-bond acceptors (Lipinski definition) is 5. The third kappa shape index (κ3) is 5.03. The Morgan fingerprint density at radius 2 is 1.91 bits per heavy atom. The van der Waals surface area contributed by atoms with Crippen LogP contribution in [0.1, 0.15) is 26.9 Å². The van der Waals surface area contributed by atoms with Crippen molar-refractivity contribution < 1.29 is 9.90 Å². The van der Waals surface area contributed by atoms with Crippen LogP contribution in [0.3, 0.4) is 0 Å². The number of β-amino-alcohol motifs (C(OH)–C–C–N with tert-alkyl or cyclic N) is 1. The Bertz CT molecular complexity index is 509. The average molecular weight is 375 g/mol. The third-order valence-electron chi connectivity index (χ3n) is 4.10. The van der Waals surface area contributed by atoms with Crippen LogP contribution in [0.5, 0.6) is 0 Å². The normalized spacial score (nSPS) is 24.9. The summed E-state index contributed by atoms with van der Waals surface area (Å²) in [5.41, 5.74) is 1.98. The number of aliphatic hydroxyl groups excluding tert-OH is 1. The second-order valence-corrected chi connectivity index (χ2v) is 8.47. The zero-order chi connectivity index (χ0) is 15.4. The molecular weight excluding hydrogens is 352 g/mol. The quantitative estimate of drug-likeness (QED) is 0.754. The van der Waals surface area contributed by atoms with E-state index >= 15 is 0 Å². The molecule has 2 heterocycles. The van der Waals surface area contributed by atoms with Crippen molar-refractivity contribution >= 4 is 41.8 Å². The minimum atomic E-state index is -0.358. The van der Waals surface area contributed by atoms with E-state index in [1.54, 1.807) is 0 Å². The molecule has 23 heavy (non-hydrogen) atoms. The highest BCUT2D eigenvalue weighted by Gasteiger charge is 2.25. The molecule has 2 aliphatic rings. The summed E-state index contributed by atoms with van der Waals surface area (Å²) >= 11 is 3.97. The van der Waals surface area contributed by atoms with Crippen LogP contribution in [0.2, 0.25) is 0 Å². The van der Waals surface area contributed by atoms with E-state index in [0.717, 1.165) is 6.54 Å². The number of rotatable bonds is 4. The molecule has 2 aliphatic heterocycles. The minimum Gasteiger partial charge on any atom is -0.391 e. The van der Waals surface area contributed by atoms with Crippen LogP contribution in [0.25, 0.3) is 0 Å². The topological polar surface area (TPSA) is 61.4 Å². The van der Waals surface area contributed by atoms with Crippen LogP contribution in [0, 0.1) is 5.92 Å². The monoisotopic (exact) mass is 374 g/mol. The predicted molar refractivity (Wildman–Crippen MR) is 101 cm³/mol. The fourth-order valence-electron chi connectivity index (χ4n) is 2.73. The van der Waals surface area contributed by atoms with Crippen LogP contribution in [-0.4, -0.2) is 48.3 Å². The number of aliphatic hydroxyl groups is 1. The van der Waals surface area contributed by atoms with E-state index in [1.165, 1.54) is 23.5 Å².